The van der Waals surface area contributed by atoms with E-state index in [2.05, 4.69) is 0 Å². The SMILES string of the molecule is O=S(=O)(O)C(c1ccc(O)cc1)(c1cc(Cl)c(Cl)c(Cl)c1)c1cccc(O)c1Cl. The molecule has 1 atom stereocenters. The smallest absolute Gasteiger partial charge is 0.283 e. The molecule has 152 valence electrons. The zero-order valence-electron chi connectivity index (χ0n) is 14.3. The summed E-state index contributed by atoms with van der Waals surface area (Å²) in [5, 5.41) is 19.3. The number of benzene rings is 3. The van der Waals surface area contributed by atoms with Gasteiger partial charge in [0.25, 0.3) is 10.1 Å². The Hall–Kier alpha value is -1.67. The van der Waals surface area contributed by atoms with Gasteiger partial charge in [-0.1, -0.05) is 70.7 Å². The van der Waals surface area contributed by atoms with Gasteiger partial charge in [0, 0.05) is 5.56 Å². The summed E-state index contributed by atoms with van der Waals surface area (Å²) < 4.78 is 34.0. The Balaban J connectivity index is 2.58. The van der Waals surface area contributed by atoms with Crippen molar-refractivity contribution in [1.82, 2.24) is 0 Å². The number of aromatic hydroxyl groups is 2. The lowest BCUT2D eigenvalue weighted by molar-refractivity contribution is 0.455. The highest BCUT2D eigenvalue weighted by Gasteiger charge is 2.50. The fourth-order valence-corrected chi connectivity index (χ4v) is 5.38. The van der Waals surface area contributed by atoms with Crippen LogP contribution in [0.15, 0.2) is 54.6 Å². The Labute approximate surface area is 186 Å². The zero-order valence-corrected chi connectivity index (χ0v) is 18.1. The maximum atomic E-state index is 12.9. The summed E-state index contributed by atoms with van der Waals surface area (Å²) in [7, 11) is -5.02. The molecule has 0 aliphatic rings. The molecule has 0 bridgehead atoms. The number of rotatable bonds is 4. The molecule has 1 unspecified atom stereocenters. The van der Waals surface area contributed by atoms with Crippen LogP contribution in [0.25, 0.3) is 0 Å². The van der Waals surface area contributed by atoms with Crippen LogP contribution in [0.2, 0.25) is 20.1 Å². The first-order chi connectivity index (χ1) is 13.5. The molecule has 0 spiro atoms. The van der Waals surface area contributed by atoms with Gasteiger partial charge >= 0.3 is 0 Å². The van der Waals surface area contributed by atoms with E-state index >= 15 is 0 Å². The molecule has 0 amide bonds. The predicted molar refractivity (Wildman–Crippen MR) is 114 cm³/mol. The van der Waals surface area contributed by atoms with E-state index in [0.29, 0.717) is 0 Å². The lowest BCUT2D eigenvalue weighted by atomic mass is 9.83. The molecule has 3 N–H and O–H groups in total. The van der Waals surface area contributed by atoms with Crippen molar-refractivity contribution in [3.63, 3.8) is 0 Å². The van der Waals surface area contributed by atoms with Crippen molar-refractivity contribution in [2.45, 2.75) is 4.75 Å². The first-order valence-electron chi connectivity index (χ1n) is 7.89. The first kappa shape index (κ1) is 22.0. The topological polar surface area (TPSA) is 94.8 Å². The largest absolute Gasteiger partial charge is 0.508 e. The summed E-state index contributed by atoms with van der Waals surface area (Å²) in [6, 6.07) is 11.5. The third-order valence-corrected chi connectivity index (χ3v) is 7.47. The average molecular weight is 494 g/mol. The normalized spacial score (nSPS) is 13.8. The second kappa shape index (κ2) is 7.87. The van der Waals surface area contributed by atoms with Crippen LogP contribution in [0.1, 0.15) is 16.7 Å². The average Bonchev–Trinajstić information content (AvgIpc) is 2.64. The molecule has 0 saturated carbocycles. The van der Waals surface area contributed by atoms with Crippen molar-refractivity contribution in [2.24, 2.45) is 0 Å². The number of phenols is 2. The van der Waals surface area contributed by atoms with Crippen molar-refractivity contribution >= 4 is 56.5 Å². The van der Waals surface area contributed by atoms with Crippen molar-refractivity contribution in [3.05, 3.63) is 91.4 Å². The van der Waals surface area contributed by atoms with E-state index in [0.717, 1.165) is 0 Å². The summed E-state index contributed by atoms with van der Waals surface area (Å²) in [6.07, 6.45) is 0. The van der Waals surface area contributed by atoms with Gasteiger partial charge in [-0.2, -0.15) is 8.42 Å². The molecule has 29 heavy (non-hydrogen) atoms. The van der Waals surface area contributed by atoms with Gasteiger partial charge in [0.2, 0.25) is 0 Å². The van der Waals surface area contributed by atoms with Crippen LogP contribution in [0, 0.1) is 0 Å². The van der Waals surface area contributed by atoms with Gasteiger partial charge in [0.05, 0.1) is 20.1 Å². The highest BCUT2D eigenvalue weighted by molar-refractivity contribution is 7.87. The van der Waals surface area contributed by atoms with Gasteiger partial charge in [-0.25, -0.2) is 0 Å². The van der Waals surface area contributed by atoms with E-state index in [-0.39, 0.29) is 42.5 Å². The predicted octanol–water partition coefficient (Wildman–Crippen LogP) is 5.89. The summed E-state index contributed by atoms with van der Waals surface area (Å²) in [5.41, 5.74) is -0.209. The highest BCUT2D eigenvalue weighted by Crippen LogP contribution is 2.50. The second-order valence-corrected chi connectivity index (χ2v) is 9.23. The van der Waals surface area contributed by atoms with Crippen LogP contribution in [-0.2, 0) is 14.9 Å². The summed E-state index contributed by atoms with van der Waals surface area (Å²) in [6.45, 7) is 0. The molecular weight excluding hydrogens is 482 g/mol. The van der Waals surface area contributed by atoms with E-state index in [9.17, 15) is 23.2 Å². The molecule has 3 aromatic rings. The van der Waals surface area contributed by atoms with E-state index in [1.165, 1.54) is 54.6 Å². The maximum absolute atomic E-state index is 12.9. The molecule has 3 aromatic carbocycles. The molecule has 0 saturated heterocycles. The van der Waals surface area contributed by atoms with E-state index in [4.69, 9.17) is 46.4 Å². The fourth-order valence-electron chi connectivity index (χ4n) is 3.16. The third-order valence-electron chi connectivity index (χ3n) is 4.41. The van der Waals surface area contributed by atoms with Gasteiger partial charge in [0.15, 0.2) is 4.75 Å². The molecule has 3 rings (SSSR count). The molecular formula is C19H12Cl4O5S. The number of hydrogen-bond acceptors (Lipinski definition) is 4. The van der Waals surface area contributed by atoms with Crippen molar-refractivity contribution in [3.8, 4) is 11.5 Å². The minimum absolute atomic E-state index is 0.00552. The molecule has 0 aliphatic carbocycles. The molecule has 0 aliphatic heterocycles. The van der Waals surface area contributed by atoms with Crippen LogP contribution in [0.3, 0.4) is 0 Å². The molecule has 0 radical (unpaired) electrons. The van der Waals surface area contributed by atoms with Crippen LogP contribution >= 0.6 is 46.4 Å². The van der Waals surface area contributed by atoms with Crippen molar-refractivity contribution in [2.75, 3.05) is 0 Å². The van der Waals surface area contributed by atoms with Crippen LogP contribution in [0.4, 0.5) is 0 Å². The minimum atomic E-state index is -5.02. The molecule has 5 nitrogen and oxygen atoms in total. The van der Waals surface area contributed by atoms with Gasteiger partial charge < -0.3 is 10.2 Å². The van der Waals surface area contributed by atoms with Crippen molar-refractivity contribution in [1.29, 1.82) is 0 Å². The third kappa shape index (κ3) is 3.65. The number of halogens is 4. The van der Waals surface area contributed by atoms with E-state index < -0.39 is 20.6 Å². The molecule has 0 aromatic heterocycles. The van der Waals surface area contributed by atoms with Gasteiger partial charge in [-0.05, 0) is 41.5 Å². The van der Waals surface area contributed by atoms with Crippen LogP contribution in [0.5, 0.6) is 11.5 Å². The maximum Gasteiger partial charge on any atom is 0.283 e. The minimum Gasteiger partial charge on any atom is -0.508 e. The summed E-state index contributed by atoms with van der Waals surface area (Å²) in [4.78, 5) is 0. The Morgan fingerprint density at radius 1 is 0.759 bits per heavy atom. The Bertz CT molecular complexity index is 1170. The lowest BCUT2D eigenvalue weighted by Gasteiger charge is -2.33. The Morgan fingerprint density at radius 3 is 1.83 bits per heavy atom. The Kier molecular flexibility index (Phi) is 5.98. The number of hydrogen-bond donors (Lipinski definition) is 3. The Morgan fingerprint density at radius 2 is 1.31 bits per heavy atom. The number of phenolic OH excluding ortho intramolecular Hbond substituents is 2. The lowest BCUT2D eigenvalue weighted by Crippen LogP contribution is -2.38. The van der Waals surface area contributed by atoms with Crippen LogP contribution < -0.4 is 0 Å². The standard InChI is InChI=1S/C19H12Cl4O5S/c20-14-8-11(9-15(21)18(14)23)19(29(26,27)28,10-4-6-12(24)7-5-10)13-2-1-3-16(25)17(13)22/h1-9,24-25H,(H,26,27,28). The van der Waals surface area contributed by atoms with Crippen LogP contribution in [-0.4, -0.2) is 23.2 Å². The van der Waals surface area contributed by atoms with Gasteiger partial charge in [-0.3, -0.25) is 4.55 Å². The van der Waals surface area contributed by atoms with Gasteiger partial charge in [0.1, 0.15) is 11.5 Å². The monoisotopic (exact) mass is 492 g/mol. The highest BCUT2D eigenvalue weighted by atomic mass is 35.5. The van der Waals surface area contributed by atoms with Crippen molar-refractivity contribution < 1.29 is 23.2 Å². The van der Waals surface area contributed by atoms with Gasteiger partial charge in [-0.15, -0.1) is 0 Å². The van der Waals surface area contributed by atoms with E-state index in [1.807, 2.05) is 0 Å². The first-order valence-corrected chi connectivity index (χ1v) is 10.8. The summed E-state index contributed by atoms with van der Waals surface area (Å²) >= 11 is 24.5. The van der Waals surface area contributed by atoms with E-state index in [1.54, 1.807) is 0 Å². The molecule has 0 fully saturated rings. The molecule has 0 heterocycles. The second-order valence-electron chi connectivity index (χ2n) is 6.10. The summed E-state index contributed by atoms with van der Waals surface area (Å²) in [5.74, 6) is -0.533. The quantitative estimate of drug-likeness (QED) is 0.239. The zero-order chi connectivity index (χ0) is 21.6. The molecule has 10 heteroatoms. The fraction of sp³-hybridized carbons (Fsp3) is 0.0526.